The van der Waals surface area contributed by atoms with Gasteiger partial charge in [0.25, 0.3) is 0 Å². The normalized spacial score (nSPS) is 11.6. The van der Waals surface area contributed by atoms with Gasteiger partial charge in [0.05, 0.1) is 6.61 Å². The molecule has 0 saturated heterocycles. The van der Waals surface area contributed by atoms with Crippen molar-refractivity contribution in [3.05, 3.63) is 0 Å². The standard InChI is InChI=1S/C11H27N3O/c1-4-13(5-2)8-9-14(7-6-12)10-11-15-3/h4-12H2,1-3H3. The Hall–Kier alpha value is -0.160. The topological polar surface area (TPSA) is 41.7 Å². The van der Waals surface area contributed by atoms with E-state index in [1.807, 2.05) is 0 Å². The summed E-state index contributed by atoms with van der Waals surface area (Å²) >= 11 is 0. The van der Waals surface area contributed by atoms with Crippen LogP contribution in [0.5, 0.6) is 0 Å². The molecule has 0 rings (SSSR count). The lowest BCUT2D eigenvalue weighted by Crippen LogP contribution is -2.39. The van der Waals surface area contributed by atoms with Gasteiger partial charge in [0.15, 0.2) is 0 Å². The molecule has 0 aliphatic rings. The van der Waals surface area contributed by atoms with Gasteiger partial charge in [-0.25, -0.2) is 0 Å². The molecule has 0 aromatic heterocycles. The van der Waals surface area contributed by atoms with Crippen LogP contribution in [0.4, 0.5) is 0 Å². The second-order valence-electron chi connectivity index (χ2n) is 3.65. The van der Waals surface area contributed by atoms with Crippen LogP contribution in [0.3, 0.4) is 0 Å². The number of rotatable bonds is 10. The largest absolute Gasteiger partial charge is 0.383 e. The number of nitrogens with zero attached hydrogens (tertiary/aromatic N) is 2. The zero-order chi connectivity index (χ0) is 11.5. The lowest BCUT2D eigenvalue weighted by atomic mass is 10.4. The van der Waals surface area contributed by atoms with E-state index in [9.17, 15) is 0 Å². The molecule has 0 aliphatic heterocycles. The number of methoxy groups -OCH3 is 1. The highest BCUT2D eigenvalue weighted by Crippen LogP contribution is 1.92. The minimum Gasteiger partial charge on any atom is -0.383 e. The number of hydrogen-bond acceptors (Lipinski definition) is 4. The van der Waals surface area contributed by atoms with Crippen molar-refractivity contribution in [1.82, 2.24) is 9.80 Å². The summed E-state index contributed by atoms with van der Waals surface area (Å²) in [5, 5.41) is 0. The molecule has 0 fully saturated rings. The molecular formula is C11H27N3O. The third kappa shape index (κ3) is 7.73. The molecule has 4 heteroatoms. The van der Waals surface area contributed by atoms with E-state index < -0.39 is 0 Å². The van der Waals surface area contributed by atoms with Gasteiger partial charge in [-0.05, 0) is 13.1 Å². The van der Waals surface area contributed by atoms with Gasteiger partial charge in [0.1, 0.15) is 0 Å². The van der Waals surface area contributed by atoms with Gasteiger partial charge in [0, 0.05) is 39.8 Å². The van der Waals surface area contributed by atoms with Crippen LogP contribution in [0.15, 0.2) is 0 Å². The lowest BCUT2D eigenvalue weighted by Gasteiger charge is -2.25. The Bertz CT molecular complexity index is 129. The molecule has 0 amide bonds. The van der Waals surface area contributed by atoms with Crippen LogP contribution in [-0.2, 0) is 4.74 Å². The van der Waals surface area contributed by atoms with Gasteiger partial charge in [-0.15, -0.1) is 0 Å². The van der Waals surface area contributed by atoms with E-state index in [-0.39, 0.29) is 0 Å². The highest BCUT2D eigenvalue weighted by Gasteiger charge is 2.05. The molecule has 0 saturated carbocycles. The molecule has 0 aromatic rings. The first-order valence-corrected chi connectivity index (χ1v) is 5.92. The van der Waals surface area contributed by atoms with E-state index in [0.717, 1.165) is 52.4 Å². The van der Waals surface area contributed by atoms with Crippen LogP contribution in [0, 0.1) is 0 Å². The molecule has 0 aliphatic carbocycles. The van der Waals surface area contributed by atoms with E-state index in [4.69, 9.17) is 10.5 Å². The summed E-state index contributed by atoms with van der Waals surface area (Å²) in [6, 6.07) is 0. The Kier molecular flexibility index (Phi) is 10.3. The van der Waals surface area contributed by atoms with Gasteiger partial charge < -0.3 is 15.4 Å². The van der Waals surface area contributed by atoms with Crippen molar-refractivity contribution in [2.24, 2.45) is 5.73 Å². The number of ether oxygens (including phenoxy) is 1. The molecule has 2 N–H and O–H groups in total. The SMILES string of the molecule is CCN(CC)CCN(CCN)CCOC. The van der Waals surface area contributed by atoms with Gasteiger partial charge in [-0.3, -0.25) is 4.90 Å². The summed E-state index contributed by atoms with van der Waals surface area (Å²) in [7, 11) is 1.74. The molecule has 4 nitrogen and oxygen atoms in total. The summed E-state index contributed by atoms with van der Waals surface area (Å²) in [5.41, 5.74) is 5.58. The molecule has 15 heavy (non-hydrogen) atoms. The molecule has 0 heterocycles. The minimum absolute atomic E-state index is 0.724. The Balaban J connectivity index is 3.72. The number of hydrogen-bond donors (Lipinski definition) is 1. The van der Waals surface area contributed by atoms with Crippen molar-refractivity contribution >= 4 is 0 Å². The average molecular weight is 217 g/mol. The van der Waals surface area contributed by atoms with Crippen molar-refractivity contribution in [2.75, 3.05) is 59.5 Å². The molecular weight excluding hydrogens is 190 g/mol. The number of likely N-dealkylation sites (N-methyl/N-ethyl adjacent to an activating group) is 1. The summed E-state index contributed by atoms with van der Waals surface area (Å²) in [6.45, 7) is 12.3. The molecule has 0 unspecified atom stereocenters. The highest BCUT2D eigenvalue weighted by molar-refractivity contribution is 4.62. The minimum atomic E-state index is 0.724. The lowest BCUT2D eigenvalue weighted by molar-refractivity contribution is 0.139. The molecule has 0 spiro atoms. The molecule has 0 radical (unpaired) electrons. The third-order valence-electron chi connectivity index (χ3n) is 2.68. The van der Waals surface area contributed by atoms with Gasteiger partial charge in [-0.1, -0.05) is 13.8 Å². The predicted octanol–water partition coefficient (Wildman–Crippen LogP) is 0.235. The molecule has 0 aromatic carbocycles. The van der Waals surface area contributed by atoms with E-state index in [0.29, 0.717) is 0 Å². The molecule has 0 atom stereocenters. The van der Waals surface area contributed by atoms with Crippen molar-refractivity contribution in [2.45, 2.75) is 13.8 Å². The van der Waals surface area contributed by atoms with Crippen molar-refractivity contribution in [1.29, 1.82) is 0 Å². The fraction of sp³-hybridized carbons (Fsp3) is 1.00. The zero-order valence-corrected chi connectivity index (χ0v) is 10.5. The maximum atomic E-state index is 5.58. The quantitative estimate of drug-likeness (QED) is 0.569. The monoisotopic (exact) mass is 217 g/mol. The molecule has 92 valence electrons. The van der Waals surface area contributed by atoms with Crippen molar-refractivity contribution < 1.29 is 4.74 Å². The first-order valence-electron chi connectivity index (χ1n) is 5.92. The Morgan fingerprint density at radius 3 is 2.00 bits per heavy atom. The van der Waals surface area contributed by atoms with Crippen molar-refractivity contribution in [3.63, 3.8) is 0 Å². The van der Waals surface area contributed by atoms with Crippen LogP contribution in [0.2, 0.25) is 0 Å². The van der Waals surface area contributed by atoms with Crippen LogP contribution in [0.1, 0.15) is 13.8 Å². The fourth-order valence-electron chi connectivity index (χ4n) is 1.56. The van der Waals surface area contributed by atoms with E-state index in [1.165, 1.54) is 0 Å². The van der Waals surface area contributed by atoms with Gasteiger partial charge in [-0.2, -0.15) is 0 Å². The summed E-state index contributed by atoms with van der Waals surface area (Å²) in [4.78, 5) is 4.79. The first kappa shape index (κ1) is 14.8. The van der Waals surface area contributed by atoms with E-state index in [2.05, 4.69) is 23.6 Å². The fourth-order valence-corrected chi connectivity index (χ4v) is 1.56. The van der Waals surface area contributed by atoms with Crippen LogP contribution in [-0.4, -0.2) is 69.3 Å². The van der Waals surface area contributed by atoms with Crippen LogP contribution >= 0.6 is 0 Å². The second kappa shape index (κ2) is 10.4. The van der Waals surface area contributed by atoms with Crippen LogP contribution in [0.25, 0.3) is 0 Å². The molecule has 0 bridgehead atoms. The zero-order valence-electron chi connectivity index (χ0n) is 10.5. The summed E-state index contributed by atoms with van der Waals surface area (Å²) < 4.78 is 5.08. The maximum Gasteiger partial charge on any atom is 0.0589 e. The first-order chi connectivity index (χ1) is 7.28. The average Bonchev–Trinajstić information content (AvgIpc) is 2.27. The van der Waals surface area contributed by atoms with Gasteiger partial charge in [0.2, 0.25) is 0 Å². The maximum absolute atomic E-state index is 5.58. The van der Waals surface area contributed by atoms with E-state index >= 15 is 0 Å². The predicted molar refractivity (Wildman–Crippen MR) is 65.2 cm³/mol. The van der Waals surface area contributed by atoms with Crippen LogP contribution < -0.4 is 5.73 Å². The summed E-state index contributed by atoms with van der Waals surface area (Å²) in [6.07, 6.45) is 0. The second-order valence-corrected chi connectivity index (χ2v) is 3.65. The smallest absolute Gasteiger partial charge is 0.0589 e. The Morgan fingerprint density at radius 2 is 1.53 bits per heavy atom. The number of nitrogens with two attached hydrogens (primary N) is 1. The highest BCUT2D eigenvalue weighted by atomic mass is 16.5. The van der Waals surface area contributed by atoms with Gasteiger partial charge >= 0.3 is 0 Å². The third-order valence-corrected chi connectivity index (χ3v) is 2.68. The van der Waals surface area contributed by atoms with E-state index in [1.54, 1.807) is 7.11 Å². The summed E-state index contributed by atoms with van der Waals surface area (Å²) in [5.74, 6) is 0. The van der Waals surface area contributed by atoms with Crippen molar-refractivity contribution in [3.8, 4) is 0 Å². The Morgan fingerprint density at radius 1 is 0.933 bits per heavy atom. The Labute approximate surface area is 94.4 Å².